The van der Waals surface area contributed by atoms with E-state index in [0.29, 0.717) is 28.7 Å². The molecule has 1 aliphatic heterocycles. The molecule has 2 aliphatic rings. The first-order valence-corrected chi connectivity index (χ1v) is 10.8. The maximum absolute atomic E-state index is 13.1. The maximum atomic E-state index is 13.1. The number of aliphatic hydroxyl groups is 1. The number of ether oxygens (including phenoxy) is 1. The van der Waals surface area contributed by atoms with E-state index in [9.17, 15) is 9.90 Å². The molecule has 1 aromatic carbocycles. The van der Waals surface area contributed by atoms with E-state index in [1.54, 1.807) is 29.3 Å². The molecule has 1 fully saturated rings. The number of nitrogens with one attached hydrogen (secondary N) is 1. The van der Waals surface area contributed by atoms with Crippen LogP contribution in [0.1, 0.15) is 41.0 Å². The van der Waals surface area contributed by atoms with Gasteiger partial charge in [0.1, 0.15) is 24.7 Å². The van der Waals surface area contributed by atoms with Gasteiger partial charge in [0.05, 0.1) is 35.6 Å². The molecule has 4 aromatic rings. The summed E-state index contributed by atoms with van der Waals surface area (Å²) in [6, 6.07) is 8.63. The average molecular weight is 443 g/mol. The number of anilines is 1. The second-order valence-corrected chi connectivity index (χ2v) is 8.19. The molecule has 1 amide bonds. The van der Waals surface area contributed by atoms with Crippen molar-refractivity contribution < 1.29 is 14.6 Å². The smallest absolute Gasteiger partial charge is 0.274 e. The first kappa shape index (κ1) is 19.6. The molecule has 0 radical (unpaired) electrons. The van der Waals surface area contributed by atoms with Crippen LogP contribution in [0.25, 0.3) is 17.1 Å². The molecule has 4 heterocycles. The average Bonchev–Trinajstić information content (AvgIpc) is 3.42. The van der Waals surface area contributed by atoms with Gasteiger partial charge in [-0.05, 0) is 37.1 Å². The lowest BCUT2D eigenvalue weighted by atomic mass is 10.1. The van der Waals surface area contributed by atoms with Crippen molar-refractivity contribution in [3.63, 3.8) is 0 Å². The van der Waals surface area contributed by atoms with Gasteiger partial charge < -0.3 is 19.7 Å². The topological polar surface area (TPSA) is 120 Å². The van der Waals surface area contributed by atoms with Gasteiger partial charge in [0.2, 0.25) is 0 Å². The van der Waals surface area contributed by atoms with Crippen molar-refractivity contribution in [2.75, 3.05) is 18.5 Å². The van der Waals surface area contributed by atoms with Crippen LogP contribution in [-0.2, 0) is 0 Å². The zero-order valence-corrected chi connectivity index (χ0v) is 17.6. The van der Waals surface area contributed by atoms with E-state index in [0.717, 1.165) is 11.4 Å². The number of amides is 1. The summed E-state index contributed by atoms with van der Waals surface area (Å²) in [5, 5.41) is 16.9. The third-order valence-corrected chi connectivity index (χ3v) is 5.93. The quantitative estimate of drug-likeness (QED) is 0.486. The van der Waals surface area contributed by atoms with Crippen LogP contribution in [0.4, 0.5) is 5.69 Å². The van der Waals surface area contributed by atoms with E-state index in [1.807, 2.05) is 29.0 Å². The van der Waals surface area contributed by atoms with Crippen LogP contribution >= 0.6 is 0 Å². The summed E-state index contributed by atoms with van der Waals surface area (Å²) in [6.07, 6.45) is 9.19. The van der Waals surface area contributed by atoms with Gasteiger partial charge in [-0.3, -0.25) is 9.78 Å². The van der Waals surface area contributed by atoms with Crippen molar-refractivity contribution in [1.29, 1.82) is 0 Å². The van der Waals surface area contributed by atoms with E-state index in [1.165, 1.54) is 19.2 Å². The van der Waals surface area contributed by atoms with Crippen LogP contribution in [0.3, 0.4) is 0 Å². The number of aromatic nitrogens is 6. The second kappa shape index (κ2) is 7.82. The lowest BCUT2D eigenvalue weighted by Gasteiger charge is -2.15. The van der Waals surface area contributed by atoms with Crippen LogP contribution in [0.5, 0.6) is 5.75 Å². The van der Waals surface area contributed by atoms with E-state index in [-0.39, 0.29) is 30.9 Å². The molecule has 1 atom stereocenters. The molecule has 0 unspecified atom stereocenters. The number of pyridine rings is 1. The molecule has 1 aliphatic carbocycles. The van der Waals surface area contributed by atoms with Gasteiger partial charge >= 0.3 is 0 Å². The normalized spacial score (nSPS) is 16.9. The van der Waals surface area contributed by atoms with Crippen molar-refractivity contribution in [3.05, 3.63) is 66.8 Å². The van der Waals surface area contributed by atoms with Gasteiger partial charge in [-0.25, -0.2) is 14.6 Å². The molecule has 1 saturated carbocycles. The van der Waals surface area contributed by atoms with Crippen molar-refractivity contribution in [1.82, 2.24) is 29.3 Å². The van der Waals surface area contributed by atoms with Crippen molar-refractivity contribution in [2.45, 2.75) is 24.8 Å². The Morgan fingerprint density at radius 1 is 1.21 bits per heavy atom. The van der Waals surface area contributed by atoms with E-state index in [2.05, 4.69) is 25.4 Å². The van der Waals surface area contributed by atoms with Crippen LogP contribution < -0.4 is 10.1 Å². The Kier molecular flexibility index (Phi) is 4.65. The molecule has 0 spiro atoms. The number of imidazole rings is 1. The van der Waals surface area contributed by atoms with E-state index in [4.69, 9.17) is 4.74 Å². The third kappa shape index (κ3) is 3.54. The Labute approximate surface area is 188 Å². The summed E-state index contributed by atoms with van der Waals surface area (Å²) >= 11 is 0. The Bertz CT molecular complexity index is 1340. The van der Waals surface area contributed by atoms with Gasteiger partial charge in [-0.2, -0.15) is 5.10 Å². The molecular weight excluding hydrogens is 422 g/mol. The number of benzene rings is 1. The molecule has 33 heavy (non-hydrogen) atoms. The number of hydrogen-bond acceptors (Lipinski definition) is 7. The second-order valence-electron chi connectivity index (χ2n) is 8.19. The molecule has 10 nitrogen and oxygen atoms in total. The lowest BCUT2D eigenvalue weighted by Crippen LogP contribution is -2.21. The first-order chi connectivity index (χ1) is 16.2. The van der Waals surface area contributed by atoms with Gasteiger partial charge in [0.15, 0.2) is 11.6 Å². The fraction of sp³-hybridized carbons (Fsp3) is 0.261. The summed E-state index contributed by atoms with van der Waals surface area (Å²) in [6.45, 7) is 0.0594. The Morgan fingerprint density at radius 2 is 2.12 bits per heavy atom. The van der Waals surface area contributed by atoms with Crippen molar-refractivity contribution in [3.8, 4) is 22.8 Å². The number of para-hydroxylation sites is 1. The van der Waals surface area contributed by atoms with Crippen LogP contribution in [0.15, 0.2) is 55.4 Å². The van der Waals surface area contributed by atoms with Crippen LogP contribution in [0, 0.1) is 0 Å². The molecule has 0 bridgehead atoms. The van der Waals surface area contributed by atoms with Gasteiger partial charge in [0.25, 0.3) is 5.91 Å². The zero-order valence-electron chi connectivity index (χ0n) is 17.6. The zero-order chi connectivity index (χ0) is 22.4. The van der Waals surface area contributed by atoms with Gasteiger partial charge in [-0.1, -0.05) is 6.07 Å². The fourth-order valence-corrected chi connectivity index (χ4v) is 4.02. The standard InChI is InChI=1S/C23H21N7O3/c31-10-16-11-33-21-17(22-25-12-27-30(16)22)2-1-3-18(21)28-23(32)19-8-15(6-7-24-19)29-9-20(26-13-29)14-4-5-14/h1-3,6-9,12-14,16,31H,4-5,10-11H2,(H,28,32)/t16-/m0/s1. The fourth-order valence-electron chi connectivity index (χ4n) is 4.02. The van der Waals surface area contributed by atoms with Crippen LogP contribution in [0.2, 0.25) is 0 Å². The van der Waals surface area contributed by atoms with Crippen molar-refractivity contribution in [2.24, 2.45) is 0 Å². The maximum Gasteiger partial charge on any atom is 0.274 e. The molecular formula is C23H21N7O3. The van der Waals surface area contributed by atoms with E-state index >= 15 is 0 Å². The number of nitrogens with zero attached hydrogens (tertiary/aromatic N) is 6. The Hall–Kier alpha value is -4.05. The van der Waals surface area contributed by atoms with Gasteiger partial charge in [-0.15, -0.1) is 0 Å². The Morgan fingerprint density at radius 3 is 2.97 bits per heavy atom. The largest absolute Gasteiger partial charge is 0.488 e. The highest BCUT2D eigenvalue weighted by molar-refractivity contribution is 6.04. The summed E-state index contributed by atoms with van der Waals surface area (Å²) in [5.41, 5.74) is 3.36. The number of fused-ring (bicyclic) bond motifs is 3. The lowest BCUT2D eigenvalue weighted by molar-refractivity contribution is 0.102. The summed E-state index contributed by atoms with van der Waals surface area (Å²) < 4.78 is 9.53. The summed E-state index contributed by atoms with van der Waals surface area (Å²) in [5.74, 6) is 1.25. The SMILES string of the molecule is O=C(Nc1cccc2c1OC[C@H](CO)n1ncnc1-2)c1cc(-n2cnc(C3CC3)c2)ccn1. The predicted octanol–water partition coefficient (Wildman–Crippen LogP) is 2.58. The monoisotopic (exact) mass is 443 g/mol. The number of carbonyl (C=O) groups is 1. The minimum atomic E-state index is -0.368. The molecule has 2 N–H and O–H groups in total. The molecule has 6 rings (SSSR count). The highest BCUT2D eigenvalue weighted by atomic mass is 16.5. The summed E-state index contributed by atoms with van der Waals surface area (Å²) in [7, 11) is 0. The minimum Gasteiger partial charge on any atom is -0.488 e. The van der Waals surface area contributed by atoms with Crippen molar-refractivity contribution >= 4 is 11.6 Å². The number of aliphatic hydroxyl groups excluding tert-OH is 1. The Balaban J connectivity index is 1.29. The van der Waals surface area contributed by atoms with Gasteiger partial charge in [0, 0.05) is 18.3 Å². The highest BCUT2D eigenvalue weighted by Crippen LogP contribution is 2.40. The number of carbonyl (C=O) groups excluding carboxylic acids is 1. The number of rotatable bonds is 5. The van der Waals surface area contributed by atoms with E-state index < -0.39 is 0 Å². The summed E-state index contributed by atoms with van der Waals surface area (Å²) in [4.78, 5) is 26.1. The molecule has 166 valence electrons. The van der Waals surface area contributed by atoms with Crippen LogP contribution in [-0.4, -0.2) is 53.5 Å². The molecule has 3 aromatic heterocycles. The molecule has 0 saturated heterocycles. The third-order valence-electron chi connectivity index (χ3n) is 5.93. The molecule has 10 heteroatoms. The predicted molar refractivity (Wildman–Crippen MR) is 118 cm³/mol. The highest BCUT2D eigenvalue weighted by Gasteiger charge is 2.27. The number of hydrogen-bond donors (Lipinski definition) is 2. The first-order valence-electron chi connectivity index (χ1n) is 10.8. The minimum absolute atomic E-state index is 0.139.